The maximum absolute atomic E-state index is 13.8. The van der Waals surface area contributed by atoms with E-state index in [1.807, 2.05) is 30.1 Å². The smallest absolute Gasteiger partial charge is 0.233 e. The van der Waals surface area contributed by atoms with Gasteiger partial charge in [0, 0.05) is 20.1 Å². The van der Waals surface area contributed by atoms with E-state index in [2.05, 4.69) is 12.1 Å². The number of rotatable bonds is 2. The van der Waals surface area contributed by atoms with Crippen LogP contribution in [0, 0.1) is 5.92 Å². The molecule has 5 heteroatoms. The highest BCUT2D eigenvalue weighted by atomic mass is 16.5. The van der Waals surface area contributed by atoms with Gasteiger partial charge in [0.25, 0.3) is 0 Å². The van der Waals surface area contributed by atoms with Gasteiger partial charge in [-0.25, -0.2) is 0 Å². The predicted octanol–water partition coefficient (Wildman–Crippen LogP) is 2.20. The van der Waals surface area contributed by atoms with Crippen LogP contribution in [0.1, 0.15) is 37.7 Å². The molecule has 2 heterocycles. The zero-order chi connectivity index (χ0) is 18.1. The summed E-state index contributed by atoms with van der Waals surface area (Å²) in [5.41, 5.74) is 0.704. The molecule has 26 heavy (non-hydrogen) atoms. The summed E-state index contributed by atoms with van der Waals surface area (Å²) in [6, 6.07) is 10.2. The Hall–Kier alpha value is -1.88. The minimum absolute atomic E-state index is 0.0460. The zero-order valence-corrected chi connectivity index (χ0v) is 15.5. The number of nitrogens with zero attached hydrogens (tertiary/aromatic N) is 2. The largest absolute Gasteiger partial charge is 0.378 e. The SMILES string of the molecule is CN1C(=O)[C@H]2COC[C@@H]1CN(C(=O)C1(c3ccccc3)CCCCC1)C2. The van der Waals surface area contributed by atoms with Gasteiger partial charge in [-0.2, -0.15) is 0 Å². The molecule has 1 aromatic carbocycles. The van der Waals surface area contributed by atoms with Crippen molar-refractivity contribution in [2.75, 3.05) is 33.4 Å². The van der Waals surface area contributed by atoms with Crippen LogP contribution in [0.15, 0.2) is 30.3 Å². The second-order valence-corrected chi connectivity index (χ2v) is 8.06. The first-order valence-electron chi connectivity index (χ1n) is 9.81. The van der Waals surface area contributed by atoms with E-state index in [9.17, 15) is 9.59 Å². The van der Waals surface area contributed by atoms with Crippen LogP contribution in [0.4, 0.5) is 0 Å². The van der Waals surface area contributed by atoms with E-state index in [-0.39, 0.29) is 23.8 Å². The molecule has 0 spiro atoms. The molecule has 4 rings (SSSR count). The predicted molar refractivity (Wildman–Crippen MR) is 98.7 cm³/mol. The molecule has 2 saturated heterocycles. The van der Waals surface area contributed by atoms with Gasteiger partial charge in [-0.3, -0.25) is 9.59 Å². The Morgan fingerprint density at radius 2 is 1.81 bits per heavy atom. The van der Waals surface area contributed by atoms with Gasteiger partial charge in [-0.05, 0) is 18.4 Å². The summed E-state index contributed by atoms with van der Waals surface area (Å²) in [6.07, 6.45) is 5.18. The molecule has 140 valence electrons. The fourth-order valence-corrected chi connectivity index (χ4v) is 4.91. The number of hydrogen-bond donors (Lipinski definition) is 0. The van der Waals surface area contributed by atoms with Crippen LogP contribution >= 0.6 is 0 Å². The van der Waals surface area contributed by atoms with Gasteiger partial charge in [-0.15, -0.1) is 0 Å². The highest BCUT2D eigenvalue weighted by molar-refractivity contribution is 5.90. The van der Waals surface area contributed by atoms with Crippen LogP contribution < -0.4 is 0 Å². The molecule has 2 aliphatic heterocycles. The Labute approximate surface area is 155 Å². The average molecular weight is 356 g/mol. The lowest BCUT2D eigenvalue weighted by Gasteiger charge is -2.41. The van der Waals surface area contributed by atoms with Gasteiger partial charge >= 0.3 is 0 Å². The van der Waals surface area contributed by atoms with Crippen molar-refractivity contribution in [3.63, 3.8) is 0 Å². The normalized spacial score (nSPS) is 28.6. The third-order valence-corrected chi connectivity index (χ3v) is 6.48. The monoisotopic (exact) mass is 356 g/mol. The van der Waals surface area contributed by atoms with Crippen molar-refractivity contribution in [1.29, 1.82) is 0 Å². The van der Waals surface area contributed by atoms with E-state index in [1.54, 1.807) is 4.90 Å². The van der Waals surface area contributed by atoms with Crippen molar-refractivity contribution in [3.05, 3.63) is 35.9 Å². The van der Waals surface area contributed by atoms with E-state index in [0.29, 0.717) is 26.3 Å². The molecular formula is C21H28N2O3. The first-order chi connectivity index (χ1) is 12.6. The fraction of sp³-hybridized carbons (Fsp3) is 0.619. The van der Waals surface area contributed by atoms with Crippen molar-refractivity contribution in [1.82, 2.24) is 9.80 Å². The highest BCUT2D eigenvalue weighted by Crippen LogP contribution is 2.41. The Bertz CT molecular complexity index is 669. The molecule has 5 nitrogen and oxygen atoms in total. The quantitative estimate of drug-likeness (QED) is 0.816. The molecule has 0 unspecified atom stereocenters. The number of hydrogen-bond acceptors (Lipinski definition) is 3. The summed E-state index contributed by atoms with van der Waals surface area (Å²) >= 11 is 0. The van der Waals surface area contributed by atoms with Crippen LogP contribution in [0.25, 0.3) is 0 Å². The molecule has 2 bridgehead atoms. The Kier molecular flexibility index (Phi) is 4.74. The maximum atomic E-state index is 13.8. The molecule has 1 aliphatic carbocycles. The second-order valence-electron chi connectivity index (χ2n) is 8.06. The average Bonchev–Trinajstić information content (AvgIpc) is 2.87. The Morgan fingerprint density at radius 1 is 1.08 bits per heavy atom. The molecule has 0 N–H and O–H groups in total. The van der Waals surface area contributed by atoms with Crippen molar-refractivity contribution < 1.29 is 14.3 Å². The van der Waals surface area contributed by atoms with E-state index in [1.165, 1.54) is 6.42 Å². The molecule has 0 radical (unpaired) electrons. The molecule has 3 aliphatic rings. The molecule has 2 amide bonds. The second kappa shape index (κ2) is 7.03. The van der Waals surface area contributed by atoms with E-state index in [0.717, 1.165) is 31.2 Å². The van der Waals surface area contributed by atoms with Crippen molar-refractivity contribution >= 4 is 11.8 Å². The fourth-order valence-electron chi connectivity index (χ4n) is 4.91. The van der Waals surface area contributed by atoms with Gasteiger partial charge < -0.3 is 14.5 Å². The van der Waals surface area contributed by atoms with E-state index in [4.69, 9.17) is 4.74 Å². The lowest BCUT2D eigenvalue weighted by molar-refractivity contribution is -0.141. The van der Waals surface area contributed by atoms with Gasteiger partial charge in [0.2, 0.25) is 11.8 Å². The number of amides is 2. The summed E-state index contributed by atoms with van der Waals surface area (Å²) < 4.78 is 5.69. The number of ether oxygens (including phenoxy) is 1. The maximum Gasteiger partial charge on any atom is 0.233 e. The number of carbonyl (C=O) groups excluding carboxylic acids is 2. The highest BCUT2D eigenvalue weighted by Gasteiger charge is 2.47. The number of benzene rings is 1. The molecule has 0 aromatic heterocycles. The first kappa shape index (κ1) is 17.5. The van der Waals surface area contributed by atoms with Crippen LogP contribution in [-0.4, -0.2) is 61.0 Å². The molecule has 3 fully saturated rings. The molecular weight excluding hydrogens is 328 g/mol. The molecule has 1 aromatic rings. The summed E-state index contributed by atoms with van der Waals surface area (Å²) in [4.78, 5) is 30.2. The lowest BCUT2D eigenvalue weighted by atomic mass is 9.68. The lowest BCUT2D eigenvalue weighted by Crippen LogP contribution is -2.52. The zero-order valence-electron chi connectivity index (χ0n) is 15.5. The number of fused-ring (bicyclic) bond motifs is 3. The summed E-state index contributed by atoms with van der Waals surface area (Å²) in [5, 5.41) is 0. The molecule has 2 atom stereocenters. The third-order valence-electron chi connectivity index (χ3n) is 6.48. The third kappa shape index (κ3) is 2.92. The van der Waals surface area contributed by atoms with Crippen molar-refractivity contribution in [3.8, 4) is 0 Å². The van der Waals surface area contributed by atoms with Gasteiger partial charge in [0.05, 0.1) is 30.6 Å². The standard InChI is InChI=1S/C21H28N2O3/c1-22-18-13-23(12-16(19(22)24)14-26-15-18)20(25)21(10-6-3-7-11-21)17-8-4-2-5-9-17/h2,4-5,8-9,16,18H,3,6-7,10-15H2,1H3/t16-,18+/m1/s1. The van der Waals surface area contributed by atoms with Crippen LogP contribution in [0.5, 0.6) is 0 Å². The first-order valence-corrected chi connectivity index (χ1v) is 9.81. The Morgan fingerprint density at radius 3 is 2.54 bits per heavy atom. The van der Waals surface area contributed by atoms with Gasteiger partial charge in [0.15, 0.2) is 0 Å². The molecule has 1 saturated carbocycles. The summed E-state index contributed by atoms with van der Waals surface area (Å²) in [5.74, 6) is 0.0801. The summed E-state index contributed by atoms with van der Waals surface area (Å²) in [6.45, 7) is 1.99. The Balaban J connectivity index is 1.67. The van der Waals surface area contributed by atoms with Crippen LogP contribution in [0.2, 0.25) is 0 Å². The van der Waals surface area contributed by atoms with Crippen molar-refractivity contribution in [2.45, 2.75) is 43.6 Å². The summed E-state index contributed by atoms with van der Waals surface area (Å²) in [7, 11) is 1.84. The van der Waals surface area contributed by atoms with Gasteiger partial charge in [0.1, 0.15) is 0 Å². The van der Waals surface area contributed by atoms with Gasteiger partial charge in [-0.1, -0.05) is 49.6 Å². The van der Waals surface area contributed by atoms with E-state index >= 15 is 0 Å². The minimum Gasteiger partial charge on any atom is -0.378 e. The van der Waals surface area contributed by atoms with Crippen molar-refractivity contribution in [2.24, 2.45) is 5.92 Å². The van der Waals surface area contributed by atoms with Crippen LogP contribution in [0.3, 0.4) is 0 Å². The van der Waals surface area contributed by atoms with Crippen LogP contribution in [-0.2, 0) is 19.7 Å². The van der Waals surface area contributed by atoms with E-state index < -0.39 is 5.41 Å². The number of carbonyl (C=O) groups is 2. The topological polar surface area (TPSA) is 49.9 Å². The number of likely N-dealkylation sites (N-methyl/N-ethyl adjacent to an activating group) is 1. The minimum atomic E-state index is -0.430.